The van der Waals surface area contributed by atoms with Crippen molar-refractivity contribution in [1.29, 1.82) is 0 Å². The number of anilines is 1. The molecule has 4 nitrogen and oxygen atoms in total. The highest BCUT2D eigenvalue weighted by Crippen LogP contribution is 2.30. The molecule has 0 unspecified atom stereocenters. The molecular formula is C14H13NO3. The number of nitrogens with zero attached hydrogens (tertiary/aromatic N) is 1. The van der Waals surface area contributed by atoms with E-state index in [1.54, 1.807) is 18.4 Å². The maximum atomic E-state index is 11.0. The van der Waals surface area contributed by atoms with E-state index in [2.05, 4.69) is 4.90 Å². The number of benzene rings is 1. The number of carbonyl (C=O) groups is 1. The van der Waals surface area contributed by atoms with E-state index in [-0.39, 0.29) is 0 Å². The molecule has 1 aromatic heterocycles. The zero-order chi connectivity index (χ0) is 12.5. The van der Waals surface area contributed by atoms with Gasteiger partial charge in [0.15, 0.2) is 0 Å². The molecule has 0 saturated carbocycles. The van der Waals surface area contributed by atoms with E-state index >= 15 is 0 Å². The van der Waals surface area contributed by atoms with Crippen molar-refractivity contribution in [3.63, 3.8) is 0 Å². The van der Waals surface area contributed by atoms with Crippen molar-refractivity contribution in [2.24, 2.45) is 0 Å². The van der Waals surface area contributed by atoms with Crippen LogP contribution in [0.25, 0.3) is 0 Å². The Bertz CT molecular complexity index is 575. The summed E-state index contributed by atoms with van der Waals surface area (Å²) < 4.78 is 5.33. The maximum Gasteiger partial charge on any atom is 0.335 e. The minimum atomic E-state index is -0.886. The van der Waals surface area contributed by atoms with Crippen LogP contribution in [0.2, 0.25) is 0 Å². The standard InChI is InChI=1S/C14H13NO3/c16-14(17)11-4-3-10-5-6-15(13(10)8-11)9-12-2-1-7-18-12/h1-4,7-8H,5-6,9H2,(H,16,17). The molecule has 1 N–H and O–H groups in total. The highest BCUT2D eigenvalue weighted by Gasteiger charge is 2.21. The van der Waals surface area contributed by atoms with Crippen molar-refractivity contribution >= 4 is 11.7 Å². The van der Waals surface area contributed by atoms with Crippen LogP contribution in [0.1, 0.15) is 21.7 Å². The van der Waals surface area contributed by atoms with Crippen LogP contribution >= 0.6 is 0 Å². The number of aromatic carboxylic acids is 1. The van der Waals surface area contributed by atoms with Gasteiger partial charge in [0.1, 0.15) is 5.76 Å². The van der Waals surface area contributed by atoms with Gasteiger partial charge in [-0.05, 0) is 36.2 Å². The molecule has 3 rings (SSSR count). The van der Waals surface area contributed by atoms with E-state index in [0.717, 1.165) is 24.4 Å². The summed E-state index contributed by atoms with van der Waals surface area (Å²) in [5.41, 5.74) is 2.54. The van der Waals surface area contributed by atoms with Crippen molar-refractivity contribution in [3.05, 3.63) is 53.5 Å². The number of carboxylic acid groups (broad SMARTS) is 1. The summed E-state index contributed by atoms with van der Waals surface area (Å²) in [6.07, 6.45) is 2.61. The summed E-state index contributed by atoms with van der Waals surface area (Å²) in [4.78, 5) is 13.1. The molecule has 2 aromatic rings. The predicted molar refractivity (Wildman–Crippen MR) is 66.9 cm³/mol. The molecule has 0 radical (unpaired) electrons. The Morgan fingerprint density at radius 3 is 3.00 bits per heavy atom. The minimum Gasteiger partial charge on any atom is -0.478 e. The summed E-state index contributed by atoms with van der Waals surface area (Å²) in [7, 11) is 0. The number of fused-ring (bicyclic) bond motifs is 1. The second-order valence-electron chi connectivity index (χ2n) is 4.40. The molecular weight excluding hydrogens is 230 g/mol. The summed E-state index contributed by atoms with van der Waals surface area (Å²) in [5.74, 6) is 0.00577. The van der Waals surface area contributed by atoms with Gasteiger partial charge in [0.25, 0.3) is 0 Å². The normalized spacial score (nSPS) is 13.7. The number of rotatable bonds is 3. The van der Waals surface area contributed by atoms with Gasteiger partial charge in [0, 0.05) is 12.2 Å². The van der Waals surface area contributed by atoms with E-state index in [1.165, 1.54) is 5.56 Å². The van der Waals surface area contributed by atoms with Crippen LogP contribution in [0.4, 0.5) is 5.69 Å². The number of hydrogen-bond donors (Lipinski definition) is 1. The van der Waals surface area contributed by atoms with Crippen LogP contribution in [0.15, 0.2) is 41.0 Å². The minimum absolute atomic E-state index is 0.333. The second kappa shape index (κ2) is 4.22. The van der Waals surface area contributed by atoms with Crippen molar-refractivity contribution in [1.82, 2.24) is 0 Å². The fourth-order valence-corrected chi connectivity index (χ4v) is 2.33. The van der Waals surface area contributed by atoms with Gasteiger partial charge in [-0.3, -0.25) is 0 Å². The molecule has 1 aliphatic rings. The quantitative estimate of drug-likeness (QED) is 0.900. The lowest BCUT2D eigenvalue weighted by Gasteiger charge is -2.18. The van der Waals surface area contributed by atoms with Crippen LogP contribution in [-0.4, -0.2) is 17.6 Å². The lowest BCUT2D eigenvalue weighted by molar-refractivity contribution is 0.0697. The van der Waals surface area contributed by atoms with E-state index in [0.29, 0.717) is 12.1 Å². The lowest BCUT2D eigenvalue weighted by Crippen LogP contribution is -2.19. The molecule has 0 saturated heterocycles. The fraction of sp³-hybridized carbons (Fsp3) is 0.214. The fourth-order valence-electron chi connectivity index (χ4n) is 2.33. The molecule has 0 fully saturated rings. The van der Waals surface area contributed by atoms with Crippen molar-refractivity contribution in [2.75, 3.05) is 11.4 Å². The van der Waals surface area contributed by atoms with Gasteiger partial charge in [-0.1, -0.05) is 6.07 Å². The van der Waals surface area contributed by atoms with Crippen molar-refractivity contribution in [2.45, 2.75) is 13.0 Å². The third kappa shape index (κ3) is 1.86. The molecule has 0 atom stereocenters. The Labute approximate surface area is 104 Å². The predicted octanol–water partition coefficient (Wildman–Crippen LogP) is 2.54. The topological polar surface area (TPSA) is 53.7 Å². The highest BCUT2D eigenvalue weighted by atomic mass is 16.4. The zero-order valence-electron chi connectivity index (χ0n) is 9.80. The van der Waals surface area contributed by atoms with Gasteiger partial charge in [0.05, 0.1) is 18.4 Å². The molecule has 2 heterocycles. The second-order valence-corrected chi connectivity index (χ2v) is 4.40. The van der Waals surface area contributed by atoms with E-state index in [1.807, 2.05) is 18.2 Å². The largest absolute Gasteiger partial charge is 0.478 e. The molecule has 0 aliphatic carbocycles. The molecule has 1 aromatic carbocycles. The molecule has 0 spiro atoms. The lowest BCUT2D eigenvalue weighted by atomic mass is 10.1. The Morgan fingerprint density at radius 1 is 1.39 bits per heavy atom. The third-order valence-corrected chi connectivity index (χ3v) is 3.25. The van der Waals surface area contributed by atoms with Gasteiger partial charge in [-0.15, -0.1) is 0 Å². The van der Waals surface area contributed by atoms with Crippen LogP contribution < -0.4 is 4.90 Å². The maximum absolute atomic E-state index is 11.0. The molecule has 0 amide bonds. The van der Waals surface area contributed by atoms with E-state index in [4.69, 9.17) is 9.52 Å². The molecule has 1 aliphatic heterocycles. The van der Waals surface area contributed by atoms with E-state index < -0.39 is 5.97 Å². The smallest absolute Gasteiger partial charge is 0.335 e. The number of carboxylic acids is 1. The highest BCUT2D eigenvalue weighted by molar-refractivity contribution is 5.89. The van der Waals surface area contributed by atoms with Crippen LogP contribution in [0.5, 0.6) is 0 Å². The average molecular weight is 243 g/mol. The first-order valence-electron chi connectivity index (χ1n) is 5.87. The first-order chi connectivity index (χ1) is 8.74. The summed E-state index contributed by atoms with van der Waals surface area (Å²) >= 11 is 0. The Balaban J connectivity index is 1.90. The van der Waals surface area contributed by atoms with Gasteiger partial charge in [0.2, 0.25) is 0 Å². The molecule has 92 valence electrons. The summed E-state index contributed by atoms with van der Waals surface area (Å²) in [6.45, 7) is 1.59. The van der Waals surface area contributed by atoms with Gasteiger partial charge in [-0.2, -0.15) is 0 Å². The van der Waals surface area contributed by atoms with E-state index in [9.17, 15) is 4.79 Å². The van der Waals surface area contributed by atoms with Crippen molar-refractivity contribution < 1.29 is 14.3 Å². The molecule has 0 bridgehead atoms. The Hall–Kier alpha value is -2.23. The first kappa shape index (κ1) is 10.9. The zero-order valence-corrected chi connectivity index (χ0v) is 9.80. The summed E-state index contributed by atoms with van der Waals surface area (Å²) in [5, 5.41) is 9.02. The SMILES string of the molecule is O=C(O)c1ccc2c(c1)N(Cc1ccco1)CC2. The average Bonchev–Trinajstić information content (AvgIpc) is 2.99. The Morgan fingerprint density at radius 2 is 2.28 bits per heavy atom. The van der Waals surface area contributed by atoms with Crippen LogP contribution in [-0.2, 0) is 13.0 Å². The third-order valence-electron chi connectivity index (χ3n) is 3.25. The van der Waals surface area contributed by atoms with Gasteiger partial charge >= 0.3 is 5.97 Å². The summed E-state index contributed by atoms with van der Waals surface area (Å²) in [6, 6.07) is 9.10. The molecule has 18 heavy (non-hydrogen) atoms. The van der Waals surface area contributed by atoms with Crippen LogP contribution in [0, 0.1) is 0 Å². The number of hydrogen-bond acceptors (Lipinski definition) is 3. The first-order valence-corrected chi connectivity index (χ1v) is 5.87. The number of furan rings is 1. The van der Waals surface area contributed by atoms with Gasteiger partial charge in [-0.25, -0.2) is 4.79 Å². The Kier molecular flexibility index (Phi) is 2.55. The monoisotopic (exact) mass is 243 g/mol. The van der Waals surface area contributed by atoms with Gasteiger partial charge < -0.3 is 14.4 Å². The van der Waals surface area contributed by atoms with Crippen molar-refractivity contribution in [3.8, 4) is 0 Å². The molecule has 4 heteroatoms. The van der Waals surface area contributed by atoms with Crippen LogP contribution in [0.3, 0.4) is 0 Å².